The van der Waals surface area contributed by atoms with Gasteiger partial charge in [0, 0.05) is 15.4 Å². The van der Waals surface area contributed by atoms with Gasteiger partial charge in [-0.2, -0.15) is 0 Å². The van der Waals surface area contributed by atoms with Gasteiger partial charge in [0.15, 0.2) is 0 Å². The third-order valence-corrected chi connectivity index (χ3v) is 5.95. The number of rotatable bonds is 4. The molecule has 1 fully saturated rings. The zero-order chi connectivity index (χ0) is 12.5. The Balaban J connectivity index is 2.24. The Kier molecular flexibility index (Phi) is 4.32. The lowest BCUT2D eigenvalue weighted by Crippen LogP contribution is -2.33. The van der Waals surface area contributed by atoms with Crippen LogP contribution in [0.5, 0.6) is 0 Å². The molecule has 0 radical (unpaired) electrons. The summed E-state index contributed by atoms with van der Waals surface area (Å²) < 4.78 is 1.20. The van der Waals surface area contributed by atoms with Crippen molar-refractivity contribution in [2.24, 2.45) is 17.1 Å². The second-order valence-corrected chi connectivity index (χ2v) is 7.58. The molecule has 0 saturated heterocycles. The van der Waals surface area contributed by atoms with Gasteiger partial charge >= 0.3 is 0 Å². The molecule has 17 heavy (non-hydrogen) atoms. The number of hydrogen-bond acceptors (Lipinski definition) is 2. The van der Waals surface area contributed by atoms with Crippen LogP contribution in [0.25, 0.3) is 0 Å². The molecule has 2 rings (SSSR count). The molecule has 0 aromatic carbocycles. The molecule has 1 aromatic heterocycles. The van der Waals surface area contributed by atoms with Crippen molar-refractivity contribution in [3.05, 3.63) is 20.8 Å². The van der Waals surface area contributed by atoms with Gasteiger partial charge in [-0.3, -0.25) is 0 Å². The minimum atomic E-state index is 0.210. The van der Waals surface area contributed by atoms with Crippen LogP contribution in [0.4, 0.5) is 0 Å². The van der Waals surface area contributed by atoms with E-state index in [1.165, 1.54) is 41.5 Å². The summed E-state index contributed by atoms with van der Waals surface area (Å²) in [4.78, 5) is 1.34. The van der Waals surface area contributed by atoms with E-state index in [1.54, 1.807) is 11.3 Å². The first-order chi connectivity index (χ1) is 8.05. The van der Waals surface area contributed by atoms with Crippen molar-refractivity contribution in [2.75, 3.05) is 0 Å². The molecule has 0 amide bonds. The maximum absolute atomic E-state index is 6.61. The van der Waals surface area contributed by atoms with E-state index < -0.39 is 0 Å². The van der Waals surface area contributed by atoms with Crippen LogP contribution in [0.3, 0.4) is 0 Å². The van der Waals surface area contributed by atoms with Crippen molar-refractivity contribution in [3.63, 3.8) is 0 Å². The molecule has 0 spiro atoms. The molecule has 3 heteroatoms. The quantitative estimate of drug-likeness (QED) is 0.820. The summed E-state index contributed by atoms with van der Waals surface area (Å²) in [6, 6.07) is 2.33. The van der Waals surface area contributed by atoms with Crippen LogP contribution in [-0.4, -0.2) is 0 Å². The molecule has 1 aliphatic carbocycles. The van der Waals surface area contributed by atoms with Gasteiger partial charge in [-0.25, -0.2) is 0 Å². The molecule has 0 aliphatic heterocycles. The fourth-order valence-corrected chi connectivity index (χ4v) is 5.10. The smallest absolute Gasteiger partial charge is 0.0458 e. The van der Waals surface area contributed by atoms with Gasteiger partial charge in [0.1, 0.15) is 0 Å². The summed E-state index contributed by atoms with van der Waals surface area (Å²) >= 11 is 5.43. The molecule has 1 unspecified atom stereocenters. The molecule has 2 N–H and O–H groups in total. The molecule has 1 atom stereocenters. The molecule has 1 aromatic rings. The maximum atomic E-state index is 6.61. The van der Waals surface area contributed by atoms with Gasteiger partial charge in [0.05, 0.1) is 0 Å². The summed E-state index contributed by atoms with van der Waals surface area (Å²) in [7, 11) is 0. The first-order valence-electron chi connectivity index (χ1n) is 6.54. The molecule has 1 aliphatic rings. The second-order valence-electron chi connectivity index (χ2n) is 5.78. The Labute approximate surface area is 117 Å². The average Bonchev–Trinajstić information content (AvgIpc) is 2.86. The third-order valence-electron chi connectivity index (χ3n) is 4.00. The molecule has 1 saturated carbocycles. The van der Waals surface area contributed by atoms with E-state index in [9.17, 15) is 0 Å². The van der Waals surface area contributed by atoms with Gasteiger partial charge in [-0.15, -0.1) is 11.3 Å². The zero-order valence-corrected chi connectivity index (χ0v) is 13.1. The highest BCUT2D eigenvalue weighted by Gasteiger charge is 2.41. The topological polar surface area (TPSA) is 26.0 Å². The standard InChI is InChI=1S/C14H22BrNS/c1-10(2)9-14(6-3-4-7-14)13(16)12-11(15)5-8-17-12/h5,8,10,13H,3-4,6-7,9,16H2,1-2H3. The van der Waals surface area contributed by atoms with Crippen molar-refractivity contribution >= 4 is 27.3 Å². The highest BCUT2D eigenvalue weighted by molar-refractivity contribution is 9.10. The molecule has 0 bridgehead atoms. The van der Waals surface area contributed by atoms with Crippen LogP contribution in [0.2, 0.25) is 0 Å². The molecule has 96 valence electrons. The summed E-state index contributed by atoms with van der Waals surface area (Å²) in [5, 5.41) is 2.14. The van der Waals surface area contributed by atoms with E-state index in [0.29, 0.717) is 5.41 Å². The van der Waals surface area contributed by atoms with Crippen molar-refractivity contribution in [1.82, 2.24) is 0 Å². The Morgan fingerprint density at radius 2 is 2.06 bits per heavy atom. The molecule has 1 heterocycles. The number of halogens is 1. The van der Waals surface area contributed by atoms with Crippen LogP contribution >= 0.6 is 27.3 Å². The monoisotopic (exact) mass is 315 g/mol. The lowest BCUT2D eigenvalue weighted by molar-refractivity contribution is 0.185. The van der Waals surface area contributed by atoms with Crippen LogP contribution in [0, 0.1) is 11.3 Å². The first kappa shape index (κ1) is 13.6. The van der Waals surface area contributed by atoms with Gasteiger partial charge in [0.25, 0.3) is 0 Å². The summed E-state index contributed by atoms with van der Waals surface area (Å²) in [5.41, 5.74) is 6.96. The fourth-order valence-electron chi connectivity index (χ4n) is 3.34. The molecule has 1 nitrogen and oxygen atoms in total. The van der Waals surface area contributed by atoms with Crippen molar-refractivity contribution in [2.45, 2.75) is 52.0 Å². The largest absolute Gasteiger partial charge is 0.323 e. The van der Waals surface area contributed by atoms with Gasteiger partial charge in [-0.1, -0.05) is 26.7 Å². The van der Waals surface area contributed by atoms with E-state index in [4.69, 9.17) is 5.73 Å². The lowest BCUT2D eigenvalue weighted by atomic mass is 9.72. The molecular weight excluding hydrogens is 294 g/mol. The first-order valence-corrected chi connectivity index (χ1v) is 8.21. The van der Waals surface area contributed by atoms with Gasteiger partial charge < -0.3 is 5.73 Å². The van der Waals surface area contributed by atoms with Crippen molar-refractivity contribution < 1.29 is 0 Å². The minimum absolute atomic E-state index is 0.210. The van der Waals surface area contributed by atoms with Crippen LogP contribution < -0.4 is 5.73 Å². The van der Waals surface area contributed by atoms with Gasteiger partial charge in [0.2, 0.25) is 0 Å². The summed E-state index contributed by atoms with van der Waals surface area (Å²) in [5.74, 6) is 0.734. The maximum Gasteiger partial charge on any atom is 0.0458 e. The van der Waals surface area contributed by atoms with E-state index >= 15 is 0 Å². The Morgan fingerprint density at radius 3 is 2.53 bits per heavy atom. The summed E-state index contributed by atoms with van der Waals surface area (Å²) in [6.45, 7) is 4.63. The van der Waals surface area contributed by atoms with Crippen molar-refractivity contribution in [3.8, 4) is 0 Å². The van der Waals surface area contributed by atoms with E-state index in [1.807, 2.05) is 0 Å². The highest BCUT2D eigenvalue weighted by Crippen LogP contribution is 2.52. The predicted molar refractivity (Wildman–Crippen MR) is 79.3 cm³/mol. The van der Waals surface area contributed by atoms with Crippen LogP contribution in [0.15, 0.2) is 15.9 Å². The Morgan fingerprint density at radius 1 is 1.41 bits per heavy atom. The Hall–Kier alpha value is 0.140. The highest BCUT2D eigenvalue weighted by atomic mass is 79.9. The average molecular weight is 316 g/mol. The van der Waals surface area contributed by atoms with Crippen molar-refractivity contribution in [1.29, 1.82) is 0 Å². The fraction of sp³-hybridized carbons (Fsp3) is 0.714. The SMILES string of the molecule is CC(C)CC1(C(N)c2sccc2Br)CCCC1. The van der Waals surface area contributed by atoms with Crippen LogP contribution in [-0.2, 0) is 0 Å². The number of hydrogen-bond donors (Lipinski definition) is 1. The van der Waals surface area contributed by atoms with E-state index in [-0.39, 0.29) is 6.04 Å². The number of thiophene rings is 1. The lowest BCUT2D eigenvalue weighted by Gasteiger charge is -2.36. The van der Waals surface area contributed by atoms with E-state index in [2.05, 4.69) is 41.2 Å². The molecular formula is C14H22BrNS. The minimum Gasteiger partial charge on any atom is -0.323 e. The normalized spacial score (nSPS) is 21.0. The predicted octanol–water partition coefficient (Wildman–Crippen LogP) is 5.12. The zero-order valence-electron chi connectivity index (χ0n) is 10.7. The van der Waals surface area contributed by atoms with E-state index in [0.717, 1.165) is 5.92 Å². The summed E-state index contributed by atoms with van der Waals surface area (Å²) in [6.07, 6.45) is 6.57. The third kappa shape index (κ3) is 2.77. The van der Waals surface area contributed by atoms with Crippen LogP contribution in [0.1, 0.15) is 56.9 Å². The second kappa shape index (κ2) is 5.41. The Bertz CT molecular complexity index is 366. The number of nitrogens with two attached hydrogens (primary N) is 1. The van der Waals surface area contributed by atoms with Gasteiger partial charge in [-0.05, 0) is 58.0 Å².